The third kappa shape index (κ3) is 2.85. The topological polar surface area (TPSA) is 85.3 Å². The Labute approximate surface area is 129 Å². The molecular formula is C15H22N4O3. The van der Waals surface area contributed by atoms with Gasteiger partial charge in [-0.25, -0.2) is 0 Å². The first-order chi connectivity index (χ1) is 10.6. The Morgan fingerprint density at radius 2 is 2.23 bits per heavy atom. The number of hydrogen-bond donors (Lipinski definition) is 2. The van der Waals surface area contributed by atoms with E-state index in [9.17, 15) is 9.59 Å². The molecule has 0 spiro atoms. The number of ether oxygens (including phenoxy) is 1. The lowest BCUT2D eigenvalue weighted by Crippen LogP contribution is -2.70. The molecule has 0 unspecified atom stereocenters. The molecule has 1 aliphatic heterocycles. The predicted octanol–water partition coefficient (Wildman–Crippen LogP) is -0.239. The van der Waals surface area contributed by atoms with Crippen molar-refractivity contribution in [3.63, 3.8) is 0 Å². The lowest BCUT2D eigenvalue weighted by Gasteiger charge is -2.47. The van der Waals surface area contributed by atoms with Crippen LogP contribution in [-0.2, 0) is 27.8 Å². The lowest BCUT2D eigenvalue weighted by atomic mass is 9.71. The van der Waals surface area contributed by atoms with Crippen LogP contribution in [-0.4, -0.2) is 46.4 Å². The van der Waals surface area contributed by atoms with E-state index in [1.165, 1.54) is 6.92 Å². The van der Waals surface area contributed by atoms with Gasteiger partial charge in [-0.2, -0.15) is 5.10 Å². The highest BCUT2D eigenvalue weighted by Crippen LogP contribution is 2.39. The maximum Gasteiger partial charge on any atom is 0.220 e. The summed E-state index contributed by atoms with van der Waals surface area (Å²) in [7, 11) is 1.87. The van der Waals surface area contributed by atoms with E-state index >= 15 is 0 Å². The molecule has 22 heavy (non-hydrogen) atoms. The number of hydrogen-bond acceptors (Lipinski definition) is 4. The molecule has 0 radical (unpaired) electrons. The molecule has 2 heterocycles. The van der Waals surface area contributed by atoms with Crippen molar-refractivity contribution < 1.29 is 14.3 Å². The number of carbonyl (C=O) groups excluding carboxylic acids is 2. The molecule has 120 valence electrons. The van der Waals surface area contributed by atoms with Gasteiger partial charge >= 0.3 is 0 Å². The van der Waals surface area contributed by atoms with E-state index < -0.39 is 0 Å². The highest BCUT2D eigenvalue weighted by Gasteiger charge is 2.54. The molecule has 0 bridgehead atoms. The van der Waals surface area contributed by atoms with Crippen molar-refractivity contribution in [2.45, 2.75) is 44.4 Å². The first kappa shape index (κ1) is 15.0. The van der Waals surface area contributed by atoms with Gasteiger partial charge in [0.2, 0.25) is 11.8 Å². The quantitative estimate of drug-likeness (QED) is 0.786. The highest BCUT2D eigenvalue weighted by atomic mass is 16.5. The van der Waals surface area contributed by atoms with Gasteiger partial charge in [0, 0.05) is 44.8 Å². The van der Waals surface area contributed by atoms with Crippen molar-refractivity contribution in [2.75, 3.05) is 6.61 Å². The number of nitrogens with zero attached hydrogens (tertiary/aromatic N) is 2. The number of amides is 2. The molecule has 2 N–H and O–H groups in total. The van der Waals surface area contributed by atoms with Crippen LogP contribution < -0.4 is 10.6 Å². The molecule has 1 aliphatic carbocycles. The summed E-state index contributed by atoms with van der Waals surface area (Å²) in [6.45, 7) is 2.19. The zero-order chi connectivity index (χ0) is 15.7. The van der Waals surface area contributed by atoms with Gasteiger partial charge in [-0.15, -0.1) is 0 Å². The molecule has 2 amide bonds. The summed E-state index contributed by atoms with van der Waals surface area (Å²) in [5.74, 6) is 0.234. The summed E-state index contributed by atoms with van der Waals surface area (Å²) in [5, 5.41) is 10.0. The van der Waals surface area contributed by atoms with E-state index in [1.807, 2.05) is 13.1 Å². The van der Waals surface area contributed by atoms with Crippen molar-refractivity contribution in [2.24, 2.45) is 13.0 Å². The first-order valence-corrected chi connectivity index (χ1v) is 7.71. The maximum atomic E-state index is 12.2. The second-order valence-electron chi connectivity index (χ2n) is 6.05. The standard InChI is InChI=1S/C15H22N4O3/c1-9(20)17-14-13(11-6-8-22-15(11)14)18-12(21)4-3-10-5-7-16-19(10)2/h5,7,11,13-15H,3-4,6,8H2,1-2H3,(H,17,20)(H,18,21)/t11-,13+,14-,15-/m1/s1. The van der Waals surface area contributed by atoms with E-state index in [4.69, 9.17) is 4.74 Å². The van der Waals surface area contributed by atoms with Crippen LogP contribution >= 0.6 is 0 Å². The largest absolute Gasteiger partial charge is 0.376 e. The van der Waals surface area contributed by atoms with Crippen LogP contribution in [0.5, 0.6) is 0 Å². The van der Waals surface area contributed by atoms with E-state index in [1.54, 1.807) is 10.9 Å². The molecule has 2 fully saturated rings. The number of nitrogens with one attached hydrogen (secondary N) is 2. The van der Waals surface area contributed by atoms with Gasteiger partial charge in [0.15, 0.2) is 0 Å². The number of carbonyl (C=O) groups is 2. The van der Waals surface area contributed by atoms with Gasteiger partial charge in [0.25, 0.3) is 0 Å². The second kappa shape index (κ2) is 6.08. The number of fused-ring (bicyclic) bond motifs is 1. The highest BCUT2D eigenvalue weighted by molar-refractivity contribution is 5.77. The van der Waals surface area contributed by atoms with Crippen LogP contribution in [0.4, 0.5) is 0 Å². The molecule has 2 aliphatic rings. The summed E-state index contributed by atoms with van der Waals surface area (Å²) in [4.78, 5) is 23.5. The molecule has 4 atom stereocenters. The lowest BCUT2D eigenvalue weighted by molar-refractivity contribution is -0.130. The van der Waals surface area contributed by atoms with Crippen LogP contribution in [0.2, 0.25) is 0 Å². The van der Waals surface area contributed by atoms with Crippen LogP contribution in [0.25, 0.3) is 0 Å². The minimum absolute atomic E-state index is 0.00639. The Morgan fingerprint density at radius 3 is 2.91 bits per heavy atom. The van der Waals surface area contributed by atoms with Crippen molar-refractivity contribution in [1.29, 1.82) is 0 Å². The first-order valence-electron chi connectivity index (χ1n) is 7.71. The molecule has 1 aromatic rings. The number of aryl methyl sites for hydroxylation is 2. The third-order valence-corrected chi connectivity index (χ3v) is 4.61. The zero-order valence-electron chi connectivity index (χ0n) is 12.9. The van der Waals surface area contributed by atoms with E-state index in [0.717, 1.165) is 12.1 Å². The Kier molecular flexibility index (Phi) is 4.15. The van der Waals surface area contributed by atoms with Crippen molar-refractivity contribution in [3.05, 3.63) is 18.0 Å². The molecule has 3 rings (SSSR count). The van der Waals surface area contributed by atoms with E-state index in [0.29, 0.717) is 25.4 Å². The Bertz CT molecular complexity index is 571. The Morgan fingerprint density at radius 1 is 1.41 bits per heavy atom. The Hall–Kier alpha value is -1.89. The third-order valence-electron chi connectivity index (χ3n) is 4.61. The van der Waals surface area contributed by atoms with Gasteiger partial charge < -0.3 is 15.4 Å². The van der Waals surface area contributed by atoms with Crippen LogP contribution in [0.3, 0.4) is 0 Å². The van der Waals surface area contributed by atoms with Crippen LogP contribution in [0.15, 0.2) is 12.3 Å². The minimum Gasteiger partial charge on any atom is -0.376 e. The molecule has 1 aromatic heterocycles. The summed E-state index contributed by atoms with van der Waals surface area (Å²) in [6.07, 6.45) is 3.79. The monoisotopic (exact) mass is 306 g/mol. The van der Waals surface area contributed by atoms with E-state index in [-0.39, 0.29) is 30.0 Å². The maximum absolute atomic E-state index is 12.2. The summed E-state index contributed by atoms with van der Waals surface area (Å²) in [6, 6.07) is 1.79. The van der Waals surface area contributed by atoms with Gasteiger partial charge in [-0.3, -0.25) is 14.3 Å². The molecule has 7 heteroatoms. The van der Waals surface area contributed by atoms with Gasteiger partial charge in [-0.1, -0.05) is 0 Å². The average molecular weight is 306 g/mol. The van der Waals surface area contributed by atoms with Crippen molar-refractivity contribution in [3.8, 4) is 0 Å². The molecular weight excluding hydrogens is 284 g/mol. The van der Waals surface area contributed by atoms with Crippen LogP contribution in [0.1, 0.15) is 25.5 Å². The summed E-state index contributed by atoms with van der Waals surface area (Å²) < 4.78 is 7.41. The molecule has 1 saturated heterocycles. The fraction of sp³-hybridized carbons (Fsp3) is 0.667. The van der Waals surface area contributed by atoms with Gasteiger partial charge in [-0.05, 0) is 18.9 Å². The molecule has 1 saturated carbocycles. The van der Waals surface area contributed by atoms with Gasteiger partial charge in [0.1, 0.15) is 0 Å². The van der Waals surface area contributed by atoms with Crippen molar-refractivity contribution >= 4 is 11.8 Å². The average Bonchev–Trinajstić information content (AvgIpc) is 3.07. The summed E-state index contributed by atoms with van der Waals surface area (Å²) in [5.41, 5.74) is 1.03. The summed E-state index contributed by atoms with van der Waals surface area (Å²) >= 11 is 0. The van der Waals surface area contributed by atoms with Crippen molar-refractivity contribution in [1.82, 2.24) is 20.4 Å². The normalized spacial score (nSPS) is 29.5. The Balaban J connectivity index is 1.53. The fourth-order valence-electron chi connectivity index (χ4n) is 3.46. The van der Waals surface area contributed by atoms with Gasteiger partial charge in [0.05, 0.1) is 18.2 Å². The number of rotatable bonds is 5. The predicted molar refractivity (Wildman–Crippen MR) is 78.9 cm³/mol. The smallest absolute Gasteiger partial charge is 0.220 e. The fourth-order valence-corrected chi connectivity index (χ4v) is 3.46. The van der Waals surface area contributed by atoms with Crippen LogP contribution in [0, 0.1) is 5.92 Å². The molecule has 7 nitrogen and oxygen atoms in total. The SMILES string of the molecule is CC(=O)N[C@@H]1[C@@H](NC(=O)CCc2ccnn2C)[C@H]2CCO[C@H]21. The zero-order valence-corrected chi connectivity index (χ0v) is 12.9. The van der Waals surface area contributed by atoms with E-state index in [2.05, 4.69) is 15.7 Å². The minimum atomic E-state index is -0.106. The second-order valence-corrected chi connectivity index (χ2v) is 6.05. The number of aromatic nitrogens is 2. The molecule has 0 aromatic carbocycles.